The quantitative estimate of drug-likeness (QED) is 0.934. The van der Waals surface area contributed by atoms with E-state index in [0.717, 1.165) is 19.5 Å². The van der Waals surface area contributed by atoms with Crippen LogP contribution in [0.15, 0.2) is 35.8 Å². The fourth-order valence-corrected chi connectivity index (χ4v) is 3.02. The molecule has 1 N–H and O–H groups in total. The summed E-state index contributed by atoms with van der Waals surface area (Å²) in [6.45, 7) is 2.32. The number of rotatable bonds is 4. The van der Waals surface area contributed by atoms with Crippen LogP contribution in [0.5, 0.6) is 0 Å². The minimum atomic E-state index is -0.0181. The Kier molecular flexibility index (Phi) is 4.03. The Labute approximate surface area is 121 Å². The van der Waals surface area contributed by atoms with Gasteiger partial charge in [0, 0.05) is 6.54 Å². The van der Waals surface area contributed by atoms with Gasteiger partial charge in [0.2, 0.25) is 11.0 Å². The molecule has 2 aromatic rings. The van der Waals surface area contributed by atoms with E-state index in [1.54, 1.807) is 5.51 Å². The number of hydrogen-bond acceptors (Lipinski definition) is 5. The zero-order chi connectivity index (χ0) is 13.8. The lowest BCUT2D eigenvalue weighted by molar-refractivity contribution is -0.117. The smallest absolute Gasteiger partial charge is 0.240 e. The van der Waals surface area contributed by atoms with Crippen molar-refractivity contribution in [2.75, 3.05) is 25.0 Å². The second-order valence-corrected chi connectivity index (χ2v) is 5.76. The Morgan fingerprint density at radius 1 is 1.40 bits per heavy atom. The zero-order valence-corrected chi connectivity index (χ0v) is 11.8. The van der Waals surface area contributed by atoms with Crippen LogP contribution >= 0.6 is 11.3 Å². The van der Waals surface area contributed by atoms with E-state index in [-0.39, 0.29) is 5.91 Å². The predicted octanol–water partition coefficient (Wildman–Crippen LogP) is 1.97. The number of carbonyl (C=O) groups excluding carboxylic acids is 1. The summed E-state index contributed by atoms with van der Waals surface area (Å²) in [5.74, 6) is 0.515. The number of aromatic nitrogens is 2. The van der Waals surface area contributed by atoms with Crippen LogP contribution < -0.4 is 5.32 Å². The molecule has 0 radical (unpaired) electrons. The van der Waals surface area contributed by atoms with Gasteiger partial charge in [-0.3, -0.25) is 15.0 Å². The first-order chi connectivity index (χ1) is 9.81. The van der Waals surface area contributed by atoms with Gasteiger partial charge in [-0.1, -0.05) is 41.7 Å². The number of nitrogens with one attached hydrogen (secondary N) is 1. The first kappa shape index (κ1) is 13.2. The normalized spacial score (nSPS) is 19.1. The van der Waals surface area contributed by atoms with Crippen molar-refractivity contribution in [1.29, 1.82) is 0 Å². The molecule has 1 atom stereocenters. The third kappa shape index (κ3) is 3.20. The van der Waals surface area contributed by atoms with E-state index in [1.807, 2.05) is 6.07 Å². The second kappa shape index (κ2) is 6.11. The summed E-state index contributed by atoms with van der Waals surface area (Å²) in [5.41, 5.74) is 2.97. The molecule has 0 bridgehead atoms. The van der Waals surface area contributed by atoms with Crippen molar-refractivity contribution < 1.29 is 4.79 Å². The maximum absolute atomic E-state index is 11.9. The van der Waals surface area contributed by atoms with Crippen LogP contribution in [0, 0.1) is 0 Å². The maximum Gasteiger partial charge on any atom is 0.240 e. The summed E-state index contributed by atoms with van der Waals surface area (Å²) in [4.78, 5) is 14.1. The third-order valence-electron chi connectivity index (χ3n) is 3.52. The molecule has 1 fully saturated rings. The molecular weight excluding hydrogens is 272 g/mol. The molecule has 20 heavy (non-hydrogen) atoms. The van der Waals surface area contributed by atoms with Crippen molar-refractivity contribution >= 4 is 22.4 Å². The van der Waals surface area contributed by atoms with Crippen LogP contribution in [0.2, 0.25) is 0 Å². The Hall–Kier alpha value is -1.79. The molecule has 1 amide bonds. The van der Waals surface area contributed by atoms with Crippen LogP contribution in [0.25, 0.3) is 0 Å². The Morgan fingerprint density at radius 3 is 3.00 bits per heavy atom. The van der Waals surface area contributed by atoms with E-state index >= 15 is 0 Å². The lowest BCUT2D eigenvalue weighted by Gasteiger charge is -2.15. The molecule has 0 aliphatic carbocycles. The molecule has 2 heterocycles. The molecule has 1 aliphatic rings. The van der Waals surface area contributed by atoms with Crippen molar-refractivity contribution in [3.05, 3.63) is 41.4 Å². The van der Waals surface area contributed by atoms with E-state index in [0.29, 0.717) is 17.6 Å². The van der Waals surface area contributed by atoms with Crippen LogP contribution in [-0.2, 0) is 4.79 Å². The van der Waals surface area contributed by atoms with E-state index in [1.165, 1.54) is 16.9 Å². The highest BCUT2D eigenvalue weighted by Crippen LogP contribution is 2.26. The topological polar surface area (TPSA) is 58.1 Å². The first-order valence-corrected chi connectivity index (χ1v) is 7.52. The standard InChI is InChI=1S/C14H16N4OS/c19-13(16-14-17-15-10-20-14)9-18-7-6-12(8-18)11-4-2-1-3-5-11/h1-5,10,12H,6-9H2,(H,16,17,19). The van der Waals surface area contributed by atoms with Gasteiger partial charge in [0.1, 0.15) is 5.51 Å². The lowest BCUT2D eigenvalue weighted by Crippen LogP contribution is -2.31. The summed E-state index contributed by atoms with van der Waals surface area (Å²) in [5, 5.41) is 10.8. The molecule has 104 valence electrons. The van der Waals surface area contributed by atoms with Gasteiger partial charge >= 0.3 is 0 Å². The average molecular weight is 288 g/mol. The monoisotopic (exact) mass is 288 g/mol. The number of nitrogens with zero attached hydrogens (tertiary/aromatic N) is 3. The number of amides is 1. The molecule has 1 aromatic heterocycles. The molecule has 1 aliphatic heterocycles. The molecule has 0 spiro atoms. The van der Waals surface area contributed by atoms with Crippen molar-refractivity contribution in [3.8, 4) is 0 Å². The van der Waals surface area contributed by atoms with Gasteiger partial charge in [0.25, 0.3) is 0 Å². The van der Waals surface area contributed by atoms with Crippen LogP contribution in [0.3, 0.4) is 0 Å². The van der Waals surface area contributed by atoms with Crippen LogP contribution in [0.1, 0.15) is 17.9 Å². The van der Waals surface area contributed by atoms with Crippen molar-refractivity contribution in [3.63, 3.8) is 0 Å². The van der Waals surface area contributed by atoms with Crippen molar-refractivity contribution in [1.82, 2.24) is 15.1 Å². The maximum atomic E-state index is 11.9. The van der Waals surface area contributed by atoms with Gasteiger partial charge in [-0.15, -0.1) is 10.2 Å². The Balaban J connectivity index is 1.52. The van der Waals surface area contributed by atoms with Gasteiger partial charge in [0.05, 0.1) is 6.54 Å². The fraction of sp³-hybridized carbons (Fsp3) is 0.357. The average Bonchev–Trinajstić information content (AvgIpc) is 3.11. The van der Waals surface area contributed by atoms with Crippen LogP contribution in [0.4, 0.5) is 5.13 Å². The molecule has 5 nitrogen and oxygen atoms in total. The highest BCUT2D eigenvalue weighted by molar-refractivity contribution is 7.13. The molecule has 1 unspecified atom stereocenters. The molecular formula is C14H16N4OS. The first-order valence-electron chi connectivity index (χ1n) is 6.64. The fourth-order valence-electron chi connectivity index (χ4n) is 2.56. The summed E-state index contributed by atoms with van der Waals surface area (Å²) in [6, 6.07) is 10.5. The van der Waals surface area contributed by atoms with Crippen molar-refractivity contribution in [2.45, 2.75) is 12.3 Å². The highest BCUT2D eigenvalue weighted by Gasteiger charge is 2.25. The minimum Gasteiger partial charge on any atom is -0.299 e. The third-order valence-corrected chi connectivity index (χ3v) is 4.12. The predicted molar refractivity (Wildman–Crippen MR) is 78.8 cm³/mol. The number of carbonyl (C=O) groups is 1. The number of hydrogen-bond donors (Lipinski definition) is 1. The van der Waals surface area contributed by atoms with Gasteiger partial charge < -0.3 is 0 Å². The van der Waals surface area contributed by atoms with Gasteiger partial charge in [0.15, 0.2) is 0 Å². The highest BCUT2D eigenvalue weighted by atomic mass is 32.1. The van der Waals surface area contributed by atoms with E-state index in [2.05, 4.69) is 44.7 Å². The summed E-state index contributed by atoms with van der Waals surface area (Å²) in [7, 11) is 0. The molecule has 0 saturated carbocycles. The molecule has 1 aromatic carbocycles. The van der Waals surface area contributed by atoms with Crippen LogP contribution in [-0.4, -0.2) is 40.6 Å². The van der Waals surface area contributed by atoms with Gasteiger partial charge in [-0.2, -0.15) is 0 Å². The SMILES string of the molecule is O=C(CN1CCC(c2ccccc2)C1)Nc1nncs1. The summed E-state index contributed by atoms with van der Waals surface area (Å²) >= 11 is 1.33. The molecule has 6 heteroatoms. The number of likely N-dealkylation sites (tertiary alicyclic amines) is 1. The molecule has 3 rings (SSSR count). The largest absolute Gasteiger partial charge is 0.299 e. The van der Waals surface area contributed by atoms with E-state index < -0.39 is 0 Å². The molecule has 1 saturated heterocycles. The van der Waals surface area contributed by atoms with Gasteiger partial charge in [-0.25, -0.2) is 0 Å². The number of anilines is 1. The van der Waals surface area contributed by atoms with E-state index in [4.69, 9.17) is 0 Å². The summed E-state index contributed by atoms with van der Waals surface area (Å²) < 4.78 is 0. The lowest BCUT2D eigenvalue weighted by atomic mass is 9.99. The second-order valence-electron chi connectivity index (χ2n) is 4.92. The van der Waals surface area contributed by atoms with Crippen molar-refractivity contribution in [2.24, 2.45) is 0 Å². The van der Waals surface area contributed by atoms with E-state index in [9.17, 15) is 4.79 Å². The minimum absolute atomic E-state index is 0.0181. The Bertz CT molecular complexity index is 558. The zero-order valence-electron chi connectivity index (χ0n) is 11.0. The number of benzene rings is 1. The summed E-state index contributed by atoms with van der Waals surface area (Å²) in [6.07, 6.45) is 1.11. The Morgan fingerprint density at radius 2 is 2.25 bits per heavy atom. The van der Waals surface area contributed by atoms with Gasteiger partial charge in [-0.05, 0) is 24.4 Å².